The minimum atomic E-state index is 0.485. The summed E-state index contributed by atoms with van der Waals surface area (Å²) in [6.45, 7) is 2.25. The first-order valence-corrected chi connectivity index (χ1v) is 8.35. The van der Waals surface area contributed by atoms with Gasteiger partial charge in [0.05, 0.1) is 16.7 Å². The van der Waals surface area contributed by atoms with Gasteiger partial charge < -0.3 is 4.90 Å². The molecule has 1 saturated heterocycles. The normalized spacial score (nSPS) is 14.8. The van der Waals surface area contributed by atoms with Gasteiger partial charge in [0, 0.05) is 29.4 Å². The van der Waals surface area contributed by atoms with Crippen molar-refractivity contribution in [1.29, 1.82) is 5.26 Å². The first-order chi connectivity index (χ1) is 11.2. The van der Waals surface area contributed by atoms with E-state index in [1.807, 2.05) is 18.2 Å². The van der Waals surface area contributed by atoms with Crippen LogP contribution < -0.4 is 4.90 Å². The molecule has 0 amide bonds. The molecule has 3 rings (SSSR count). The maximum Gasteiger partial charge on any atom is 0.0998 e. The highest BCUT2D eigenvalue weighted by molar-refractivity contribution is 6.36. The first kappa shape index (κ1) is 15.9. The van der Waals surface area contributed by atoms with Crippen LogP contribution in [0, 0.1) is 11.3 Å². The number of benzene rings is 2. The Labute approximate surface area is 146 Å². The van der Waals surface area contributed by atoms with Gasteiger partial charge in [0.25, 0.3) is 0 Å². The van der Waals surface area contributed by atoms with E-state index in [0.717, 1.165) is 18.7 Å². The number of anilines is 1. The van der Waals surface area contributed by atoms with Gasteiger partial charge in [-0.2, -0.15) is 5.26 Å². The van der Waals surface area contributed by atoms with Gasteiger partial charge in [-0.25, -0.2) is 0 Å². The summed E-state index contributed by atoms with van der Waals surface area (Å²) in [5.74, 6) is 0. The lowest BCUT2D eigenvalue weighted by atomic mass is 10.0. The summed E-state index contributed by atoms with van der Waals surface area (Å²) < 4.78 is 0. The van der Waals surface area contributed by atoms with Crippen LogP contribution in [0.2, 0.25) is 10.0 Å². The number of nitrogens with zero attached hydrogens (tertiary/aromatic N) is 2. The lowest BCUT2D eigenvalue weighted by Crippen LogP contribution is -2.17. The van der Waals surface area contributed by atoms with Crippen LogP contribution in [-0.2, 0) is 0 Å². The Morgan fingerprint density at radius 2 is 1.74 bits per heavy atom. The molecular formula is C19H16Cl2N2. The molecule has 2 nitrogen and oxygen atoms in total. The van der Waals surface area contributed by atoms with Crippen molar-refractivity contribution in [1.82, 2.24) is 0 Å². The smallest absolute Gasteiger partial charge is 0.0998 e. The fraction of sp³-hybridized carbons (Fsp3) is 0.211. The highest BCUT2D eigenvalue weighted by Crippen LogP contribution is 2.28. The molecular weight excluding hydrogens is 327 g/mol. The monoisotopic (exact) mass is 342 g/mol. The molecule has 0 atom stereocenters. The number of halogens is 2. The molecule has 1 aliphatic rings. The van der Waals surface area contributed by atoms with Gasteiger partial charge in [-0.15, -0.1) is 0 Å². The van der Waals surface area contributed by atoms with E-state index in [0.29, 0.717) is 21.2 Å². The maximum atomic E-state index is 9.44. The van der Waals surface area contributed by atoms with E-state index in [-0.39, 0.29) is 0 Å². The zero-order valence-corrected chi connectivity index (χ0v) is 14.1. The van der Waals surface area contributed by atoms with Gasteiger partial charge >= 0.3 is 0 Å². The molecule has 4 heteroatoms. The third-order valence-electron chi connectivity index (χ3n) is 4.02. The molecule has 0 spiro atoms. The molecule has 2 aromatic carbocycles. The summed E-state index contributed by atoms with van der Waals surface area (Å²) in [5, 5.41) is 10.5. The zero-order chi connectivity index (χ0) is 16.2. The van der Waals surface area contributed by atoms with Crippen molar-refractivity contribution in [2.45, 2.75) is 12.8 Å². The second kappa shape index (κ2) is 7.08. The minimum Gasteiger partial charge on any atom is -0.372 e. The van der Waals surface area contributed by atoms with E-state index in [4.69, 9.17) is 23.2 Å². The molecule has 0 N–H and O–H groups in total. The molecule has 0 radical (unpaired) electrons. The van der Waals surface area contributed by atoms with Crippen molar-refractivity contribution in [3.05, 3.63) is 63.6 Å². The fourth-order valence-electron chi connectivity index (χ4n) is 2.80. The molecule has 0 saturated carbocycles. The minimum absolute atomic E-state index is 0.485. The number of rotatable bonds is 3. The van der Waals surface area contributed by atoms with Gasteiger partial charge in [-0.05, 0) is 48.7 Å². The van der Waals surface area contributed by atoms with Crippen molar-refractivity contribution in [3.63, 3.8) is 0 Å². The quantitative estimate of drug-likeness (QED) is 0.531. The molecule has 0 aliphatic carbocycles. The molecule has 0 bridgehead atoms. The Bertz CT molecular complexity index is 767. The van der Waals surface area contributed by atoms with Crippen LogP contribution in [0.4, 0.5) is 5.69 Å². The summed E-state index contributed by atoms with van der Waals surface area (Å²) >= 11 is 12.1. The van der Waals surface area contributed by atoms with Crippen molar-refractivity contribution in [3.8, 4) is 6.07 Å². The molecule has 116 valence electrons. The Morgan fingerprint density at radius 3 is 2.35 bits per heavy atom. The molecule has 1 heterocycles. The zero-order valence-electron chi connectivity index (χ0n) is 12.6. The van der Waals surface area contributed by atoms with E-state index in [9.17, 15) is 5.26 Å². The Balaban J connectivity index is 1.87. The van der Waals surface area contributed by atoms with E-state index >= 15 is 0 Å². The second-order valence-corrected chi connectivity index (χ2v) is 6.42. The van der Waals surface area contributed by atoms with Gasteiger partial charge in [0.2, 0.25) is 0 Å². The van der Waals surface area contributed by atoms with E-state index in [1.54, 1.807) is 18.2 Å². The number of hydrogen-bond donors (Lipinski definition) is 0. The van der Waals surface area contributed by atoms with Crippen molar-refractivity contribution >= 4 is 40.5 Å². The number of allylic oxidation sites excluding steroid dienone is 1. The molecule has 1 fully saturated rings. The summed E-state index contributed by atoms with van der Waals surface area (Å²) in [4.78, 5) is 2.38. The van der Waals surface area contributed by atoms with Crippen molar-refractivity contribution in [2.24, 2.45) is 0 Å². The molecule has 2 aromatic rings. The highest BCUT2D eigenvalue weighted by atomic mass is 35.5. The Morgan fingerprint density at radius 1 is 1.04 bits per heavy atom. The van der Waals surface area contributed by atoms with Crippen LogP contribution in [0.25, 0.3) is 11.6 Å². The summed E-state index contributed by atoms with van der Waals surface area (Å²) in [7, 11) is 0. The standard InChI is InChI=1S/C19H16Cl2N2/c20-16-5-8-18(19(21)12-16)15(13-22)11-14-3-6-17(7-4-14)23-9-1-2-10-23/h3-8,11-12H,1-2,9-10H2/b15-11-. The van der Waals surface area contributed by atoms with Crippen LogP contribution in [-0.4, -0.2) is 13.1 Å². The van der Waals surface area contributed by atoms with Crippen LogP contribution in [0.1, 0.15) is 24.0 Å². The van der Waals surface area contributed by atoms with Gasteiger partial charge in [0.1, 0.15) is 0 Å². The lowest BCUT2D eigenvalue weighted by Gasteiger charge is -2.17. The average Bonchev–Trinajstić information content (AvgIpc) is 3.08. The van der Waals surface area contributed by atoms with Gasteiger partial charge in [0.15, 0.2) is 0 Å². The highest BCUT2D eigenvalue weighted by Gasteiger charge is 2.12. The largest absolute Gasteiger partial charge is 0.372 e. The van der Waals surface area contributed by atoms with E-state index in [1.165, 1.54) is 18.5 Å². The molecule has 0 aromatic heterocycles. The van der Waals surface area contributed by atoms with Crippen LogP contribution in [0.15, 0.2) is 42.5 Å². The second-order valence-electron chi connectivity index (χ2n) is 5.58. The number of nitriles is 1. The molecule has 23 heavy (non-hydrogen) atoms. The predicted molar refractivity (Wildman–Crippen MR) is 97.8 cm³/mol. The topological polar surface area (TPSA) is 27.0 Å². The summed E-state index contributed by atoms with van der Waals surface area (Å²) in [6, 6.07) is 15.7. The predicted octanol–water partition coefficient (Wildman–Crippen LogP) is 5.66. The van der Waals surface area contributed by atoms with E-state index < -0.39 is 0 Å². The third kappa shape index (κ3) is 3.69. The molecule has 0 unspecified atom stereocenters. The van der Waals surface area contributed by atoms with Crippen LogP contribution in [0.5, 0.6) is 0 Å². The fourth-order valence-corrected chi connectivity index (χ4v) is 3.31. The average molecular weight is 343 g/mol. The van der Waals surface area contributed by atoms with Crippen LogP contribution in [0.3, 0.4) is 0 Å². The number of hydrogen-bond acceptors (Lipinski definition) is 2. The third-order valence-corrected chi connectivity index (χ3v) is 4.56. The Kier molecular flexibility index (Phi) is 4.91. The summed E-state index contributed by atoms with van der Waals surface area (Å²) in [5.41, 5.74) is 3.45. The first-order valence-electron chi connectivity index (χ1n) is 7.59. The SMILES string of the molecule is N#C/C(=C/c1ccc(N2CCCC2)cc1)c1ccc(Cl)cc1Cl. The summed E-state index contributed by atoms with van der Waals surface area (Å²) in [6.07, 6.45) is 4.37. The lowest BCUT2D eigenvalue weighted by molar-refractivity contribution is 0.949. The Hall–Kier alpha value is -1.95. The van der Waals surface area contributed by atoms with Gasteiger partial charge in [-0.1, -0.05) is 41.4 Å². The van der Waals surface area contributed by atoms with Crippen LogP contribution >= 0.6 is 23.2 Å². The van der Waals surface area contributed by atoms with Crippen molar-refractivity contribution < 1.29 is 0 Å². The van der Waals surface area contributed by atoms with Crippen molar-refractivity contribution in [2.75, 3.05) is 18.0 Å². The molecule has 1 aliphatic heterocycles. The van der Waals surface area contributed by atoms with E-state index in [2.05, 4.69) is 23.1 Å². The van der Waals surface area contributed by atoms with Gasteiger partial charge in [-0.3, -0.25) is 0 Å². The maximum absolute atomic E-state index is 9.44.